The molecule has 3 amide bonds. The van der Waals surface area contributed by atoms with Gasteiger partial charge in [-0.2, -0.15) is 5.10 Å². The number of rotatable bonds is 6. The van der Waals surface area contributed by atoms with Crippen LogP contribution in [0.1, 0.15) is 65.7 Å². The number of carbonyl (C=O) groups is 3. The van der Waals surface area contributed by atoms with Crippen molar-refractivity contribution in [2.45, 2.75) is 63.0 Å². The fourth-order valence-corrected chi connectivity index (χ4v) is 9.17. The van der Waals surface area contributed by atoms with Gasteiger partial charge >= 0.3 is 0 Å². The van der Waals surface area contributed by atoms with E-state index in [1.54, 1.807) is 13.0 Å². The van der Waals surface area contributed by atoms with Crippen molar-refractivity contribution < 1.29 is 27.6 Å². The third kappa shape index (κ3) is 5.50. The average Bonchev–Trinajstić information content (AvgIpc) is 3.52. The predicted octanol–water partition coefficient (Wildman–Crippen LogP) is 5.21. The summed E-state index contributed by atoms with van der Waals surface area (Å²) in [5.74, 6) is -4.19. The number of nitrogens with one attached hydrogen (secondary N) is 3. The summed E-state index contributed by atoms with van der Waals surface area (Å²) in [4.78, 5) is 46.8. The fraction of sp³-hybridized carbons (Fsp3) is 0.487. The first-order valence-electron chi connectivity index (χ1n) is 18.4. The number of aromatic nitrogens is 3. The second-order valence-electron chi connectivity index (χ2n) is 15.8. The molecule has 52 heavy (non-hydrogen) atoms. The highest BCUT2D eigenvalue weighted by Gasteiger charge is 2.78. The Balaban J connectivity index is 0.781. The van der Waals surface area contributed by atoms with Crippen LogP contribution in [0.5, 0.6) is 0 Å². The number of hydrogen-bond donors (Lipinski definition) is 3. The summed E-state index contributed by atoms with van der Waals surface area (Å²) < 4.78 is 45.0. The number of halogens is 3. The molecule has 10 nitrogen and oxygen atoms in total. The third-order valence-corrected chi connectivity index (χ3v) is 12.6. The number of hydrogen-bond acceptors (Lipinski definition) is 6. The minimum absolute atomic E-state index is 0.0661. The molecule has 5 aliphatic rings. The molecule has 3 saturated heterocycles. The molecule has 3 N–H and O–H groups in total. The zero-order valence-corrected chi connectivity index (χ0v) is 29.1. The molecule has 0 bridgehead atoms. The molecular formula is C39H42F3N7O3. The molecule has 2 aliphatic carbocycles. The van der Waals surface area contributed by atoms with Gasteiger partial charge in [-0.05, 0) is 54.8 Å². The molecule has 1 saturated carbocycles. The van der Waals surface area contributed by atoms with Gasteiger partial charge in [0.05, 0.1) is 11.6 Å². The number of fused-ring (bicyclic) bond motifs is 3. The molecule has 2 aromatic carbocycles. The van der Waals surface area contributed by atoms with E-state index in [9.17, 15) is 23.2 Å². The first-order valence-corrected chi connectivity index (χ1v) is 18.4. The predicted molar refractivity (Wildman–Crippen MR) is 189 cm³/mol. The van der Waals surface area contributed by atoms with Crippen molar-refractivity contribution >= 4 is 34.3 Å². The Morgan fingerprint density at radius 2 is 1.71 bits per heavy atom. The maximum Gasteiger partial charge on any atom is 0.258 e. The second kappa shape index (κ2) is 11.9. The number of imide groups is 1. The lowest BCUT2D eigenvalue weighted by Crippen LogP contribution is -2.54. The van der Waals surface area contributed by atoms with E-state index < -0.39 is 22.9 Å². The lowest BCUT2D eigenvalue weighted by atomic mass is 9.87. The van der Waals surface area contributed by atoms with Gasteiger partial charge in [0.1, 0.15) is 11.4 Å². The van der Waals surface area contributed by atoms with Crippen molar-refractivity contribution in [3.63, 3.8) is 0 Å². The fourth-order valence-electron chi connectivity index (χ4n) is 9.17. The molecule has 5 heterocycles. The van der Waals surface area contributed by atoms with Crippen molar-refractivity contribution in [3.05, 3.63) is 70.9 Å². The van der Waals surface area contributed by atoms with Crippen LogP contribution in [0.25, 0.3) is 22.3 Å². The van der Waals surface area contributed by atoms with Crippen LogP contribution in [0, 0.1) is 11.3 Å². The number of benzene rings is 2. The first kappa shape index (κ1) is 33.2. The van der Waals surface area contributed by atoms with Crippen LogP contribution >= 0.6 is 0 Å². The van der Waals surface area contributed by atoms with E-state index >= 15 is 4.39 Å². The molecule has 272 valence electrons. The van der Waals surface area contributed by atoms with Crippen LogP contribution in [-0.2, 0) is 22.4 Å². The Hall–Kier alpha value is -4.65. The smallest absolute Gasteiger partial charge is 0.258 e. The van der Waals surface area contributed by atoms with Crippen molar-refractivity contribution in [1.29, 1.82) is 0 Å². The lowest BCUT2D eigenvalue weighted by Gasteiger charge is -2.42. The van der Waals surface area contributed by atoms with Crippen LogP contribution < -0.4 is 10.2 Å². The van der Waals surface area contributed by atoms with E-state index in [1.807, 2.05) is 47.4 Å². The Labute approximate surface area is 299 Å². The van der Waals surface area contributed by atoms with Crippen LogP contribution in [0.15, 0.2) is 48.5 Å². The summed E-state index contributed by atoms with van der Waals surface area (Å²) in [6.45, 7) is 5.41. The third-order valence-electron chi connectivity index (χ3n) is 12.6. The van der Waals surface area contributed by atoms with E-state index in [-0.39, 0.29) is 30.1 Å². The van der Waals surface area contributed by atoms with Crippen molar-refractivity contribution in [3.8, 4) is 11.4 Å². The van der Waals surface area contributed by atoms with Gasteiger partial charge < -0.3 is 14.8 Å². The Morgan fingerprint density at radius 1 is 0.962 bits per heavy atom. The highest BCUT2D eigenvalue weighted by molar-refractivity contribution is 6.01. The lowest BCUT2D eigenvalue weighted by molar-refractivity contribution is -0.134. The average molecular weight is 714 g/mol. The number of piperidine rings is 2. The van der Waals surface area contributed by atoms with Crippen LogP contribution in [0.3, 0.4) is 0 Å². The van der Waals surface area contributed by atoms with E-state index in [4.69, 9.17) is 0 Å². The zero-order chi connectivity index (χ0) is 36.0. The number of anilines is 1. The normalized spacial score (nSPS) is 26.9. The van der Waals surface area contributed by atoms with Crippen LogP contribution in [0.2, 0.25) is 0 Å². The minimum Gasteiger partial charge on any atom is -0.371 e. The van der Waals surface area contributed by atoms with Crippen LogP contribution in [0.4, 0.5) is 18.9 Å². The maximum absolute atomic E-state index is 16.1. The van der Waals surface area contributed by atoms with Gasteiger partial charge in [0.25, 0.3) is 11.8 Å². The molecule has 3 atom stereocenters. The molecule has 4 fully saturated rings. The number of carbonyl (C=O) groups excluding carboxylic acids is 3. The summed E-state index contributed by atoms with van der Waals surface area (Å²) in [6, 6.07) is 15.3. The number of nitrogens with zero attached hydrogens (tertiary/aromatic N) is 4. The standard InChI is InChI=1S/C39H42F3N7O3/c1-37-21-31-28(20-32(37)39(37,41)42)34(46-45-31)30-19-25-18-24(4-8-29(25)43-30)36(52)49-16-14-47(15-17-49)22-38(40)10-12-48(13-11-38)26-5-2-23(3-6-26)27-7-9-33(50)44-35(27)51/h2-6,8,18-19,27,32,43H,7,9-17,20-22H2,1H3,(H,45,46)(H,44,50,51)/t27?,32-,37+/m0/s1. The summed E-state index contributed by atoms with van der Waals surface area (Å²) in [6.07, 6.45) is 2.25. The van der Waals surface area contributed by atoms with Gasteiger partial charge in [0.2, 0.25) is 11.8 Å². The van der Waals surface area contributed by atoms with E-state index in [2.05, 4.69) is 30.3 Å². The largest absolute Gasteiger partial charge is 0.371 e. The van der Waals surface area contributed by atoms with Gasteiger partial charge in [-0.15, -0.1) is 0 Å². The maximum atomic E-state index is 16.1. The molecule has 3 aliphatic heterocycles. The molecular weight excluding hydrogens is 671 g/mol. The van der Waals surface area contributed by atoms with E-state index in [0.29, 0.717) is 89.2 Å². The summed E-state index contributed by atoms with van der Waals surface area (Å²) >= 11 is 0. The highest BCUT2D eigenvalue weighted by atomic mass is 19.3. The van der Waals surface area contributed by atoms with Gasteiger partial charge in [0.15, 0.2) is 0 Å². The quantitative estimate of drug-likeness (QED) is 0.236. The second-order valence-corrected chi connectivity index (χ2v) is 15.8. The van der Waals surface area contributed by atoms with Crippen molar-refractivity contribution in [2.24, 2.45) is 11.3 Å². The molecule has 0 radical (unpaired) electrons. The van der Waals surface area contributed by atoms with Crippen molar-refractivity contribution in [2.75, 3.05) is 50.7 Å². The molecule has 4 aromatic rings. The van der Waals surface area contributed by atoms with E-state index in [1.165, 1.54) is 0 Å². The number of amides is 3. The SMILES string of the molecule is C[C@@]12Cc3[nH]nc(-c4cc5cc(C(=O)N6CCN(CC7(F)CCN(c8ccc(C9CCC(=O)NC9=O)cc8)CC7)CC6)ccc5[nH]4)c3C[C@@H]1C2(F)F. The molecule has 2 aromatic heterocycles. The molecule has 9 rings (SSSR count). The minimum atomic E-state index is -2.66. The summed E-state index contributed by atoms with van der Waals surface area (Å²) in [5.41, 5.74) is 4.03. The van der Waals surface area contributed by atoms with Gasteiger partial charge in [-0.3, -0.25) is 29.7 Å². The topological polar surface area (TPSA) is 117 Å². The van der Waals surface area contributed by atoms with Gasteiger partial charge in [-0.25, -0.2) is 13.2 Å². The number of piperazine rings is 1. The zero-order valence-electron chi connectivity index (χ0n) is 29.1. The molecule has 0 spiro atoms. The first-order chi connectivity index (χ1) is 24.9. The Bertz CT molecular complexity index is 2080. The highest BCUT2D eigenvalue weighted by Crippen LogP contribution is 2.70. The number of alkyl halides is 3. The Kier molecular flexibility index (Phi) is 7.62. The Morgan fingerprint density at radius 3 is 2.44 bits per heavy atom. The summed E-state index contributed by atoms with van der Waals surface area (Å²) in [7, 11) is 0. The van der Waals surface area contributed by atoms with E-state index in [0.717, 1.165) is 39.1 Å². The van der Waals surface area contributed by atoms with Crippen molar-refractivity contribution in [1.82, 2.24) is 30.3 Å². The number of H-pyrrole nitrogens is 2. The van der Waals surface area contributed by atoms with Gasteiger partial charge in [-0.1, -0.05) is 19.1 Å². The molecule has 13 heteroatoms. The summed E-state index contributed by atoms with van der Waals surface area (Å²) in [5, 5.41) is 10.8. The molecule has 1 unspecified atom stereocenters. The number of aromatic amines is 2. The van der Waals surface area contributed by atoms with Crippen LogP contribution in [-0.4, -0.2) is 100 Å². The monoisotopic (exact) mass is 713 g/mol. The van der Waals surface area contributed by atoms with Gasteiger partial charge in [0, 0.05) is 116 Å².